The number of hydrogen-bond donors (Lipinski definition) is 2. The number of benzene rings is 2. The number of ether oxygens (including phenoxy) is 1. The highest BCUT2D eigenvalue weighted by Gasteiger charge is 2.33. The Morgan fingerprint density at radius 3 is 1.56 bits per heavy atom. The van der Waals surface area contributed by atoms with E-state index in [4.69, 9.17) is 9.84 Å². The van der Waals surface area contributed by atoms with Gasteiger partial charge in [-0.25, -0.2) is 9.80 Å². The molecular formula is C26H23N3O7. The predicted octanol–water partition coefficient (Wildman–Crippen LogP) is 1.59. The fourth-order valence-electron chi connectivity index (χ4n) is 4.42. The molecule has 0 aromatic heterocycles. The Hall–Kier alpha value is -4.41. The van der Waals surface area contributed by atoms with Crippen molar-refractivity contribution in [2.45, 2.75) is 5.92 Å². The number of nitrogens with zero attached hydrogens (tertiary/aromatic N) is 2. The summed E-state index contributed by atoms with van der Waals surface area (Å²) in [5, 5.41) is 10.3. The summed E-state index contributed by atoms with van der Waals surface area (Å²) in [7, 11) is 3.19. The molecule has 0 fully saturated rings. The van der Waals surface area contributed by atoms with Gasteiger partial charge in [0.15, 0.2) is 0 Å². The number of imide groups is 2. The smallest absolute Gasteiger partial charge is 0.317 e. The van der Waals surface area contributed by atoms with Crippen LogP contribution in [0.25, 0.3) is 11.1 Å². The van der Waals surface area contributed by atoms with Crippen LogP contribution in [0.15, 0.2) is 60.7 Å². The fraction of sp³-hybridized carbons (Fsp3) is 0.192. The number of anilines is 2. The number of hydrogen-bond acceptors (Lipinski definition) is 7. The molecule has 10 heteroatoms. The number of carbonyl (C=O) groups is 5. The van der Waals surface area contributed by atoms with Gasteiger partial charge in [0, 0.05) is 37.3 Å². The lowest BCUT2D eigenvalue weighted by molar-refractivity contribution is -0.136. The van der Waals surface area contributed by atoms with E-state index >= 15 is 0 Å². The molecule has 5 rings (SSSR count). The van der Waals surface area contributed by atoms with Gasteiger partial charge in [0.2, 0.25) is 0 Å². The Balaban J connectivity index is 0.000000455. The van der Waals surface area contributed by atoms with Crippen LogP contribution >= 0.6 is 0 Å². The van der Waals surface area contributed by atoms with Gasteiger partial charge >= 0.3 is 5.97 Å². The highest BCUT2D eigenvalue weighted by molar-refractivity contribution is 6.29. The minimum atomic E-state index is -0.822. The van der Waals surface area contributed by atoms with Crippen molar-refractivity contribution in [3.63, 3.8) is 0 Å². The highest BCUT2D eigenvalue weighted by Crippen LogP contribution is 2.47. The molecule has 10 nitrogen and oxygen atoms in total. The van der Waals surface area contributed by atoms with Crippen LogP contribution in [0.5, 0.6) is 0 Å². The molecule has 2 aromatic carbocycles. The number of methoxy groups -OCH3 is 1. The Morgan fingerprint density at radius 2 is 1.25 bits per heavy atom. The van der Waals surface area contributed by atoms with Gasteiger partial charge in [0.25, 0.3) is 23.6 Å². The van der Waals surface area contributed by atoms with Crippen LogP contribution in [0.2, 0.25) is 0 Å². The summed E-state index contributed by atoms with van der Waals surface area (Å²) in [5.41, 5.74) is 4.77. The predicted molar refractivity (Wildman–Crippen MR) is 130 cm³/mol. The van der Waals surface area contributed by atoms with Crippen LogP contribution in [0, 0.1) is 0 Å². The molecule has 0 radical (unpaired) electrons. The lowest BCUT2D eigenvalue weighted by Gasteiger charge is -2.18. The van der Waals surface area contributed by atoms with Gasteiger partial charge in [0.05, 0.1) is 24.5 Å². The highest BCUT2D eigenvalue weighted by atomic mass is 16.5. The summed E-state index contributed by atoms with van der Waals surface area (Å²) in [6.07, 6.45) is 5.01. The number of aliphatic carboxylic acids is 1. The molecule has 184 valence electrons. The van der Waals surface area contributed by atoms with Crippen molar-refractivity contribution < 1.29 is 33.8 Å². The number of amides is 4. The monoisotopic (exact) mass is 489 g/mol. The van der Waals surface area contributed by atoms with Crippen molar-refractivity contribution in [1.82, 2.24) is 5.32 Å². The van der Waals surface area contributed by atoms with Gasteiger partial charge < -0.3 is 15.2 Å². The zero-order valence-corrected chi connectivity index (χ0v) is 19.6. The van der Waals surface area contributed by atoms with Crippen LogP contribution in [0.4, 0.5) is 11.4 Å². The molecule has 36 heavy (non-hydrogen) atoms. The first-order valence-electron chi connectivity index (χ1n) is 11.0. The molecule has 2 N–H and O–H groups in total. The van der Waals surface area contributed by atoms with E-state index in [1.807, 2.05) is 24.3 Å². The van der Waals surface area contributed by atoms with E-state index in [1.165, 1.54) is 24.3 Å². The third-order valence-electron chi connectivity index (χ3n) is 5.91. The lowest BCUT2D eigenvalue weighted by Crippen LogP contribution is -2.29. The second-order valence-electron chi connectivity index (χ2n) is 8.17. The number of rotatable bonds is 6. The summed E-state index contributed by atoms with van der Waals surface area (Å²) < 4.78 is 5.44. The molecule has 0 unspecified atom stereocenters. The molecular weight excluding hydrogens is 466 g/mol. The van der Waals surface area contributed by atoms with Crippen LogP contribution in [-0.2, 0) is 28.7 Å². The zero-order valence-electron chi connectivity index (χ0n) is 19.6. The van der Waals surface area contributed by atoms with Gasteiger partial charge in [-0.1, -0.05) is 12.1 Å². The van der Waals surface area contributed by atoms with Crippen LogP contribution < -0.4 is 15.1 Å². The maximum Gasteiger partial charge on any atom is 0.317 e. The van der Waals surface area contributed by atoms with Crippen molar-refractivity contribution in [3.8, 4) is 11.1 Å². The summed E-state index contributed by atoms with van der Waals surface area (Å²) >= 11 is 0. The van der Waals surface area contributed by atoms with Gasteiger partial charge in [-0.05, 0) is 53.6 Å². The largest absolute Gasteiger partial charge is 0.480 e. The first-order chi connectivity index (χ1) is 17.3. The number of carboxylic acids is 1. The van der Waals surface area contributed by atoms with E-state index in [1.54, 1.807) is 26.3 Å². The molecule has 4 amide bonds. The third-order valence-corrected chi connectivity index (χ3v) is 5.91. The number of likely N-dealkylation sites (N-methyl/N-ethyl adjacent to an activating group) is 1. The van der Waals surface area contributed by atoms with Gasteiger partial charge in [-0.3, -0.25) is 24.0 Å². The van der Waals surface area contributed by atoms with Crippen molar-refractivity contribution in [2.75, 3.05) is 37.1 Å². The van der Waals surface area contributed by atoms with E-state index in [0.717, 1.165) is 32.1 Å². The minimum absolute atomic E-state index is 0.0417. The Kier molecular flexibility index (Phi) is 6.91. The molecule has 2 heterocycles. The van der Waals surface area contributed by atoms with E-state index in [2.05, 4.69) is 5.32 Å². The number of carbonyl (C=O) groups excluding carboxylic acids is 4. The van der Waals surface area contributed by atoms with Crippen molar-refractivity contribution in [1.29, 1.82) is 0 Å². The third kappa shape index (κ3) is 4.47. The Labute approximate surface area is 206 Å². The minimum Gasteiger partial charge on any atom is -0.480 e. The van der Waals surface area contributed by atoms with E-state index in [-0.39, 0.29) is 36.1 Å². The fourth-order valence-corrected chi connectivity index (χ4v) is 4.42. The summed E-state index contributed by atoms with van der Waals surface area (Å²) in [6, 6.07) is 10.9. The molecule has 0 saturated heterocycles. The quantitative estimate of drug-likeness (QED) is 0.585. The van der Waals surface area contributed by atoms with E-state index in [0.29, 0.717) is 18.0 Å². The molecule has 2 aliphatic heterocycles. The summed E-state index contributed by atoms with van der Waals surface area (Å²) in [6.45, 7) is 0.410. The van der Waals surface area contributed by atoms with E-state index < -0.39 is 5.97 Å². The standard InChI is InChI=1S/C23H16N2O5.C3H7NO2/c1-30-12-19-17-10-13(24-20(26)6-7-21(24)27)2-4-15(17)16-5-3-14(11-18(16)19)25-22(28)8-9-23(25)29;1-4-2-3(5)6/h2-11,19H,12H2,1H3;4H,2H2,1H3,(H,5,6). The van der Waals surface area contributed by atoms with Gasteiger partial charge in [-0.15, -0.1) is 0 Å². The van der Waals surface area contributed by atoms with Gasteiger partial charge in [0.1, 0.15) is 0 Å². The topological polar surface area (TPSA) is 133 Å². The van der Waals surface area contributed by atoms with Crippen LogP contribution in [0.1, 0.15) is 17.0 Å². The lowest BCUT2D eigenvalue weighted by atomic mass is 9.97. The molecule has 0 atom stereocenters. The Morgan fingerprint density at radius 1 is 0.833 bits per heavy atom. The van der Waals surface area contributed by atoms with Crippen LogP contribution in [0.3, 0.4) is 0 Å². The molecule has 1 aliphatic carbocycles. The molecule has 0 bridgehead atoms. The normalized spacial score (nSPS) is 15.9. The number of nitrogens with one attached hydrogen (secondary N) is 1. The van der Waals surface area contributed by atoms with Gasteiger partial charge in [-0.2, -0.15) is 0 Å². The first kappa shape index (κ1) is 24.7. The molecule has 2 aromatic rings. The second kappa shape index (κ2) is 10.1. The zero-order chi connectivity index (χ0) is 26.0. The summed E-state index contributed by atoms with van der Waals surface area (Å²) in [4.78, 5) is 60.1. The first-order valence-corrected chi connectivity index (χ1v) is 11.0. The number of fused-ring (bicyclic) bond motifs is 3. The average Bonchev–Trinajstić information content (AvgIpc) is 3.46. The SMILES string of the molecule is CNCC(=O)O.COCC1c2cc(N3C(=O)C=CC3=O)ccc2-c2ccc(N3C(=O)C=CC3=O)cc21. The number of carboxylic acid groups (broad SMARTS) is 1. The van der Waals surface area contributed by atoms with Crippen molar-refractivity contribution in [2.24, 2.45) is 0 Å². The average molecular weight is 489 g/mol. The Bertz CT molecular complexity index is 1220. The molecule has 3 aliphatic rings. The van der Waals surface area contributed by atoms with E-state index in [9.17, 15) is 24.0 Å². The maximum atomic E-state index is 12.1. The summed E-state index contributed by atoms with van der Waals surface area (Å²) in [5.74, 6) is -2.49. The van der Waals surface area contributed by atoms with Crippen LogP contribution in [-0.4, -0.2) is 62.0 Å². The molecule has 0 saturated carbocycles. The van der Waals surface area contributed by atoms with Crippen molar-refractivity contribution in [3.05, 3.63) is 71.8 Å². The van der Waals surface area contributed by atoms with Crippen molar-refractivity contribution >= 4 is 41.0 Å². The second-order valence-corrected chi connectivity index (χ2v) is 8.17. The molecule has 0 spiro atoms. The maximum absolute atomic E-state index is 12.1.